The average Bonchev–Trinajstić information content (AvgIpc) is 2.60. The van der Waals surface area contributed by atoms with Gasteiger partial charge in [0.05, 0.1) is 9.82 Å². The number of nitro groups is 1. The van der Waals surface area contributed by atoms with Crippen molar-refractivity contribution >= 4 is 62.1 Å². The van der Waals surface area contributed by atoms with Gasteiger partial charge in [0.15, 0.2) is 0 Å². The van der Waals surface area contributed by atoms with E-state index in [2.05, 4.69) is 10.6 Å². The van der Waals surface area contributed by atoms with Crippen molar-refractivity contribution in [1.29, 1.82) is 0 Å². The molecule has 0 aromatic heterocycles. The van der Waals surface area contributed by atoms with E-state index in [1.54, 1.807) is 0 Å². The van der Waals surface area contributed by atoms with Crippen LogP contribution >= 0.6 is 34.8 Å². The molecule has 0 radical (unpaired) electrons. The van der Waals surface area contributed by atoms with Crippen molar-refractivity contribution in [3.63, 3.8) is 0 Å². The first-order valence-corrected chi connectivity index (χ1v) is 10.1. The second-order valence-corrected chi connectivity index (χ2v) is 9.37. The molecule has 1 unspecified atom stereocenters. The largest absolute Gasteiger partial charge is 0.362 e. The lowest BCUT2D eigenvalue weighted by Crippen LogP contribution is -2.49. The van der Waals surface area contributed by atoms with Gasteiger partial charge in [-0.25, -0.2) is 13.6 Å². The third-order valence-electron chi connectivity index (χ3n) is 3.44. The van der Waals surface area contributed by atoms with Gasteiger partial charge >= 0.3 is 0 Å². The number of halogens is 3. The molecule has 4 N–H and O–H groups in total. The van der Waals surface area contributed by atoms with E-state index in [-0.39, 0.29) is 10.5 Å². The van der Waals surface area contributed by atoms with Crippen LogP contribution in [0.2, 0.25) is 0 Å². The van der Waals surface area contributed by atoms with E-state index >= 15 is 0 Å². The summed E-state index contributed by atoms with van der Waals surface area (Å²) in [6, 6.07) is 10.4. The maximum absolute atomic E-state index is 12.5. The van der Waals surface area contributed by atoms with Gasteiger partial charge in [-0.15, -0.1) is 0 Å². The monoisotopic (exact) mass is 466 g/mol. The Hall–Kier alpha value is -2.11. The van der Waals surface area contributed by atoms with Crippen LogP contribution in [0.4, 0.5) is 11.4 Å². The molecule has 2 aromatic carbocycles. The summed E-state index contributed by atoms with van der Waals surface area (Å²) in [5.74, 6) is -0.850. The molecule has 0 bridgehead atoms. The van der Waals surface area contributed by atoms with Crippen molar-refractivity contribution in [3.05, 3.63) is 64.2 Å². The fourth-order valence-corrected chi connectivity index (χ4v) is 2.98. The summed E-state index contributed by atoms with van der Waals surface area (Å²) in [4.78, 5) is 22.7. The molecule has 13 heteroatoms. The Morgan fingerprint density at radius 2 is 1.68 bits per heavy atom. The average molecular weight is 468 g/mol. The van der Waals surface area contributed by atoms with Crippen LogP contribution in [0.15, 0.2) is 53.4 Å². The first kappa shape index (κ1) is 22.2. The highest BCUT2D eigenvalue weighted by Gasteiger charge is 2.35. The number of alkyl halides is 3. The van der Waals surface area contributed by atoms with Crippen molar-refractivity contribution in [3.8, 4) is 0 Å². The fourth-order valence-electron chi connectivity index (χ4n) is 2.14. The maximum Gasteiger partial charge on any atom is 0.282 e. The van der Waals surface area contributed by atoms with E-state index in [9.17, 15) is 23.3 Å². The molecular formula is C15H13Cl3N4O5S. The standard InChI is InChI=1S/C15H13Cl3N4O5S/c16-15(17,18)14(20-9-5-7-10(8-6-9)28(19,26)27)21-13(23)11-3-1-2-4-12(11)22(24)25/h1-8,14,20H,(H,21,23)(H2,19,26,27). The summed E-state index contributed by atoms with van der Waals surface area (Å²) >= 11 is 17.7. The van der Waals surface area contributed by atoms with Crippen molar-refractivity contribution < 1.29 is 18.1 Å². The fraction of sp³-hybridized carbons (Fsp3) is 0.133. The van der Waals surface area contributed by atoms with E-state index in [1.807, 2.05) is 0 Å². The van der Waals surface area contributed by atoms with Crippen LogP contribution in [0.3, 0.4) is 0 Å². The minimum Gasteiger partial charge on any atom is -0.362 e. The van der Waals surface area contributed by atoms with E-state index < -0.39 is 36.5 Å². The third kappa shape index (κ3) is 5.69. The highest BCUT2D eigenvalue weighted by Crippen LogP contribution is 2.32. The molecule has 28 heavy (non-hydrogen) atoms. The van der Waals surface area contributed by atoms with E-state index in [1.165, 1.54) is 48.5 Å². The quantitative estimate of drug-likeness (QED) is 0.258. The van der Waals surface area contributed by atoms with Gasteiger partial charge in [0.25, 0.3) is 11.6 Å². The highest BCUT2D eigenvalue weighted by molar-refractivity contribution is 7.89. The summed E-state index contributed by atoms with van der Waals surface area (Å²) in [6.45, 7) is 0. The number of benzene rings is 2. The van der Waals surface area contributed by atoms with Crippen molar-refractivity contribution in [2.24, 2.45) is 5.14 Å². The molecule has 0 fully saturated rings. The Labute approximate surface area is 175 Å². The zero-order chi connectivity index (χ0) is 21.1. The number of para-hydroxylation sites is 1. The number of nitrogens with two attached hydrogens (primary N) is 1. The van der Waals surface area contributed by atoms with Gasteiger partial charge in [0.2, 0.25) is 13.8 Å². The molecule has 0 heterocycles. The van der Waals surface area contributed by atoms with Crippen LogP contribution in [0.1, 0.15) is 10.4 Å². The zero-order valence-electron chi connectivity index (χ0n) is 13.8. The van der Waals surface area contributed by atoms with E-state index in [0.717, 1.165) is 0 Å². The molecule has 0 aliphatic carbocycles. The highest BCUT2D eigenvalue weighted by atomic mass is 35.6. The molecule has 0 saturated carbocycles. The van der Waals surface area contributed by atoms with Crippen LogP contribution in [0.25, 0.3) is 0 Å². The number of anilines is 1. The van der Waals surface area contributed by atoms with Crippen molar-refractivity contribution in [1.82, 2.24) is 5.32 Å². The molecule has 0 aliphatic heterocycles. The zero-order valence-corrected chi connectivity index (χ0v) is 16.9. The van der Waals surface area contributed by atoms with Gasteiger partial charge in [-0.05, 0) is 30.3 Å². The lowest BCUT2D eigenvalue weighted by molar-refractivity contribution is -0.385. The Bertz CT molecular complexity index is 993. The molecule has 2 rings (SSSR count). The number of hydrogen-bond donors (Lipinski definition) is 3. The van der Waals surface area contributed by atoms with Gasteiger partial charge in [-0.3, -0.25) is 14.9 Å². The number of rotatable bonds is 6. The molecule has 2 aromatic rings. The van der Waals surface area contributed by atoms with Crippen molar-refractivity contribution in [2.75, 3.05) is 5.32 Å². The van der Waals surface area contributed by atoms with Crippen LogP contribution in [-0.2, 0) is 10.0 Å². The number of nitrogens with zero attached hydrogens (tertiary/aromatic N) is 1. The Morgan fingerprint density at radius 1 is 1.11 bits per heavy atom. The number of carbonyl (C=O) groups excluding carboxylic acids is 1. The SMILES string of the molecule is NS(=O)(=O)c1ccc(NC(NC(=O)c2ccccc2[N+](=O)[O-])C(Cl)(Cl)Cl)cc1. The molecule has 1 atom stereocenters. The summed E-state index contributed by atoms with van der Waals surface area (Å²) in [7, 11) is -3.88. The Kier molecular flexibility index (Phi) is 6.73. The van der Waals surface area contributed by atoms with E-state index in [0.29, 0.717) is 5.69 Å². The molecule has 150 valence electrons. The van der Waals surface area contributed by atoms with E-state index in [4.69, 9.17) is 39.9 Å². The second-order valence-electron chi connectivity index (χ2n) is 5.44. The number of nitrogens with one attached hydrogen (secondary N) is 2. The molecule has 0 saturated heterocycles. The Balaban J connectivity index is 2.26. The summed E-state index contributed by atoms with van der Waals surface area (Å²) < 4.78 is 20.6. The van der Waals surface area contributed by atoms with Gasteiger partial charge in [0.1, 0.15) is 11.7 Å². The van der Waals surface area contributed by atoms with Gasteiger partial charge in [0, 0.05) is 11.8 Å². The smallest absolute Gasteiger partial charge is 0.282 e. The first-order chi connectivity index (χ1) is 12.9. The summed E-state index contributed by atoms with van der Waals surface area (Å²) in [5, 5.41) is 21.2. The Morgan fingerprint density at radius 3 is 2.18 bits per heavy atom. The second kappa shape index (κ2) is 8.50. The van der Waals surface area contributed by atoms with Gasteiger partial charge < -0.3 is 10.6 Å². The van der Waals surface area contributed by atoms with Gasteiger partial charge in [-0.1, -0.05) is 46.9 Å². The molecular weight excluding hydrogens is 455 g/mol. The topological polar surface area (TPSA) is 144 Å². The summed E-state index contributed by atoms with van der Waals surface area (Å²) in [5.41, 5.74) is -0.342. The number of amides is 1. The number of hydrogen-bond acceptors (Lipinski definition) is 6. The molecule has 9 nitrogen and oxygen atoms in total. The third-order valence-corrected chi connectivity index (χ3v) is 5.03. The van der Waals surface area contributed by atoms with Crippen LogP contribution < -0.4 is 15.8 Å². The number of sulfonamides is 1. The number of carbonyl (C=O) groups is 1. The predicted molar refractivity (Wildman–Crippen MR) is 106 cm³/mol. The number of nitro benzene ring substituents is 1. The van der Waals surface area contributed by atoms with Crippen LogP contribution in [0, 0.1) is 10.1 Å². The first-order valence-electron chi connectivity index (χ1n) is 7.40. The predicted octanol–water partition coefficient (Wildman–Crippen LogP) is 2.78. The number of primary sulfonamides is 1. The minimum absolute atomic E-state index is 0.132. The lowest BCUT2D eigenvalue weighted by atomic mass is 10.1. The van der Waals surface area contributed by atoms with Crippen LogP contribution in [-0.4, -0.2) is 29.2 Å². The lowest BCUT2D eigenvalue weighted by Gasteiger charge is -2.27. The minimum atomic E-state index is -3.88. The van der Waals surface area contributed by atoms with Crippen LogP contribution in [0.5, 0.6) is 0 Å². The molecule has 0 aliphatic rings. The maximum atomic E-state index is 12.5. The van der Waals surface area contributed by atoms with Crippen molar-refractivity contribution in [2.45, 2.75) is 14.9 Å². The van der Waals surface area contributed by atoms with Gasteiger partial charge in [-0.2, -0.15) is 0 Å². The molecule has 0 spiro atoms. The normalized spacial score (nSPS) is 12.9. The summed E-state index contributed by atoms with van der Waals surface area (Å²) in [6.07, 6.45) is -1.30. The molecule has 1 amide bonds.